The van der Waals surface area contributed by atoms with Crippen LogP contribution in [0.25, 0.3) is 0 Å². The number of nitrogens with one attached hydrogen (secondary N) is 2. The second kappa shape index (κ2) is 5.44. The highest BCUT2D eigenvalue weighted by molar-refractivity contribution is 5.98. The van der Waals surface area contributed by atoms with Crippen molar-refractivity contribution in [3.63, 3.8) is 0 Å². The van der Waals surface area contributed by atoms with Crippen LogP contribution >= 0.6 is 0 Å². The second-order valence-corrected chi connectivity index (χ2v) is 6.04. The van der Waals surface area contributed by atoms with Crippen LogP contribution in [0.3, 0.4) is 0 Å². The fourth-order valence-electron chi connectivity index (χ4n) is 3.47. The van der Waals surface area contributed by atoms with Crippen molar-refractivity contribution in [3.05, 3.63) is 23.8 Å². The van der Waals surface area contributed by atoms with Gasteiger partial charge in [0.05, 0.1) is 11.7 Å². The number of fused-ring (bicyclic) bond motifs is 1. The van der Waals surface area contributed by atoms with Crippen molar-refractivity contribution in [1.29, 1.82) is 0 Å². The third-order valence-corrected chi connectivity index (χ3v) is 4.72. The fraction of sp³-hybridized carbons (Fsp3) is 0.562. The molecule has 2 N–H and O–H groups in total. The average Bonchev–Trinajstić information content (AvgIpc) is 2.47. The maximum Gasteiger partial charge on any atom is 0.242 e. The van der Waals surface area contributed by atoms with E-state index in [0.717, 1.165) is 17.7 Å². The van der Waals surface area contributed by atoms with E-state index in [9.17, 15) is 4.79 Å². The molecule has 0 bridgehead atoms. The van der Waals surface area contributed by atoms with Crippen molar-refractivity contribution in [2.24, 2.45) is 0 Å². The molecule has 2 aliphatic rings. The smallest absolute Gasteiger partial charge is 0.242 e. The van der Waals surface area contributed by atoms with E-state index in [4.69, 9.17) is 5.73 Å². The number of carbonyl (C=O) groups is 1. The number of anilines is 1. The van der Waals surface area contributed by atoms with Gasteiger partial charge in [0, 0.05) is 11.7 Å². The second-order valence-electron chi connectivity index (χ2n) is 6.04. The van der Waals surface area contributed by atoms with Crippen LogP contribution in [0.15, 0.2) is 18.2 Å². The molecular formula is C16H22N3O. The Balaban J connectivity index is 1.78. The van der Waals surface area contributed by atoms with E-state index in [1.807, 2.05) is 12.1 Å². The molecular weight excluding hydrogens is 250 g/mol. The monoisotopic (exact) mass is 272 g/mol. The largest absolute Gasteiger partial charge is 0.324 e. The van der Waals surface area contributed by atoms with Gasteiger partial charge in [-0.25, -0.2) is 0 Å². The molecule has 1 aliphatic heterocycles. The standard InChI is InChI=1S/C16H22N3O/c1-19(13-5-3-2-4-6-13)15-10-11-9-12(17)7-8-14(11)18-16(15)20/h7-9,13,15,17H,2-6,10H2,1H3,(H,18,20). The Kier molecular flexibility index (Phi) is 3.66. The summed E-state index contributed by atoms with van der Waals surface area (Å²) in [4.78, 5) is 14.6. The van der Waals surface area contributed by atoms with Crippen LogP contribution in [0, 0.1) is 0 Å². The van der Waals surface area contributed by atoms with Crippen LogP contribution in [0.1, 0.15) is 37.7 Å². The summed E-state index contributed by atoms with van der Waals surface area (Å²) in [5, 5.41) is 2.99. The van der Waals surface area contributed by atoms with Crippen LogP contribution < -0.4 is 11.1 Å². The Morgan fingerprint density at radius 1 is 1.25 bits per heavy atom. The molecule has 1 unspecified atom stereocenters. The molecule has 0 aromatic heterocycles. The molecule has 1 fully saturated rings. The summed E-state index contributed by atoms with van der Waals surface area (Å²) in [7, 11) is 2.08. The normalized spacial score (nSPS) is 23.5. The Hall–Kier alpha value is -1.55. The molecule has 1 atom stereocenters. The lowest BCUT2D eigenvalue weighted by molar-refractivity contribution is -0.122. The highest BCUT2D eigenvalue weighted by Crippen LogP contribution is 2.30. The number of carbonyl (C=O) groups excluding carboxylic acids is 1. The van der Waals surface area contributed by atoms with Crippen LogP contribution in [-0.4, -0.2) is 29.9 Å². The van der Waals surface area contributed by atoms with Crippen molar-refractivity contribution in [2.75, 3.05) is 12.4 Å². The molecule has 4 heteroatoms. The minimum atomic E-state index is -0.0904. The summed E-state index contributed by atoms with van der Waals surface area (Å²) in [6, 6.07) is 5.88. The number of benzene rings is 1. The third-order valence-electron chi connectivity index (χ3n) is 4.72. The molecule has 1 saturated carbocycles. The van der Waals surface area contributed by atoms with Crippen LogP contribution in [-0.2, 0) is 11.2 Å². The van der Waals surface area contributed by atoms with E-state index >= 15 is 0 Å². The van der Waals surface area contributed by atoms with Crippen molar-refractivity contribution in [3.8, 4) is 0 Å². The quantitative estimate of drug-likeness (QED) is 0.900. The van der Waals surface area contributed by atoms with Crippen molar-refractivity contribution < 1.29 is 4.79 Å². The lowest BCUT2D eigenvalue weighted by Crippen LogP contribution is -2.50. The van der Waals surface area contributed by atoms with Gasteiger partial charge < -0.3 is 11.1 Å². The topological polar surface area (TPSA) is 56.1 Å². The Bertz CT molecular complexity index is 508. The summed E-state index contributed by atoms with van der Waals surface area (Å²) >= 11 is 0. The highest BCUT2D eigenvalue weighted by Gasteiger charge is 2.33. The van der Waals surface area contributed by atoms with Gasteiger partial charge in [0.2, 0.25) is 5.91 Å². The zero-order valence-electron chi connectivity index (χ0n) is 12.0. The van der Waals surface area contributed by atoms with Gasteiger partial charge in [-0.3, -0.25) is 9.69 Å². The van der Waals surface area contributed by atoms with E-state index < -0.39 is 0 Å². The molecule has 4 nitrogen and oxygen atoms in total. The maximum atomic E-state index is 12.3. The lowest BCUT2D eigenvalue weighted by atomic mass is 9.91. The van der Waals surface area contributed by atoms with Gasteiger partial charge in [-0.15, -0.1) is 0 Å². The summed E-state index contributed by atoms with van der Waals surface area (Å²) in [5.74, 6) is 0.100. The van der Waals surface area contributed by atoms with Crippen molar-refractivity contribution in [2.45, 2.75) is 50.6 Å². The highest BCUT2D eigenvalue weighted by atomic mass is 16.2. The van der Waals surface area contributed by atoms with Gasteiger partial charge in [-0.2, -0.15) is 0 Å². The van der Waals surface area contributed by atoms with E-state index in [0.29, 0.717) is 11.7 Å². The van der Waals surface area contributed by atoms with Crippen LogP contribution in [0.5, 0.6) is 0 Å². The fourth-order valence-corrected chi connectivity index (χ4v) is 3.47. The van der Waals surface area contributed by atoms with Crippen LogP contribution in [0.4, 0.5) is 11.4 Å². The van der Waals surface area contributed by atoms with Gasteiger partial charge in [0.1, 0.15) is 0 Å². The SMILES string of the molecule is CN(C1CCCCC1)C1Cc2cc([NH])ccc2NC1=O. The average molecular weight is 272 g/mol. The molecule has 107 valence electrons. The van der Waals surface area contributed by atoms with E-state index in [1.165, 1.54) is 32.1 Å². The number of hydrogen-bond donors (Lipinski definition) is 1. The zero-order chi connectivity index (χ0) is 14.1. The molecule has 1 heterocycles. The molecule has 1 amide bonds. The van der Waals surface area contributed by atoms with Crippen molar-refractivity contribution in [1.82, 2.24) is 10.6 Å². The molecule has 1 aromatic carbocycles. The number of hydrogen-bond acceptors (Lipinski definition) is 2. The molecule has 0 saturated heterocycles. The predicted octanol–water partition coefficient (Wildman–Crippen LogP) is 2.73. The number of rotatable bonds is 2. The summed E-state index contributed by atoms with van der Waals surface area (Å²) in [6.07, 6.45) is 7.00. The number of amides is 1. The molecule has 1 radical (unpaired) electrons. The first kappa shape index (κ1) is 13.4. The van der Waals surface area contributed by atoms with E-state index in [1.54, 1.807) is 6.07 Å². The Labute approximate surface area is 120 Å². The number of likely N-dealkylation sites (N-methyl/N-ethyl adjacent to an activating group) is 1. The maximum absolute atomic E-state index is 12.3. The predicted molar refractivity (Wildman–Crippen MR) is 80.0 cm³/mol. The molecule has 3 rings (SSSR count). The number of nitrogens with zero attached hydrogens (tertiary/aromatic N) is 1. The van der Waals surface area contributed by atoms with Gasteiger partial charge in [0.25, 0.3) is 0 Å². The first-order valence-electron chi connectivity index (χ1n) is 7.52. The Morgan fingerprint density at radius 3 is 2.75 bits per heavy atom. The zero-order valence-corrected chi connectivity index (χ0v) is 12.0. The molecule has 1 aliphatic carbocycles. The Morgan fingerprint density at radius 2 is 2.00 bits per heavy atom. The minimum Gasteiger partial charge on any atom is -0.324 e. The molecule has 20 heavy (non-hydrogen) atoms. The van der Waals surface area contributed by atoms with Crippen LogP contribution in [0.2, 0.25) is 0 Å². The van der Waals surface area contributed by atoms with E-state index in [-0.39, 0.29) is 11.9 Å². The van der Waals surface area contributed by atoms with Gasteiger partial charge in [-0.05, 0) is 50.1 Å². The third kappa shape index (κ3) is 2.52. The van der Waals surface area contributed by atoms with Crippen molar-refractivity contribution >= 4 is 17.3 Å². The van der Waals surface area contributed by atoms with Gasteiger partial charge in [0.15, 0.2) is 0 Å². The van der Waals surface area contributed by atoms with Gasteiger partial charge >= 0.3 is 0 Å². The summed E-state index contributed by atoms with van der Waals surface area (Å²) in [5.41, 5.74) is 10.2. The first-order valence-corrected chi connectivity index (χ1v) is 7.52. The van der Waals surface area contributed by atoms with E-state index in [2.05, 4.69) is 17.3 Å². The summed E-state index contributed by atoms with van der Waals surface area (Å²) in [6.45, 7) is 0. The first-order chi connectivity index (χ1) is 9.65. The van der Waals surface area contributed by atoms with Gasteiger partial charge in [-0.1, -0.05) is 19.3 Å². The molecule has 0 spiro atoms. The lowest BCUT2D eigenvalue weighted by Gasteiger charge is -2.38. The summed E-state index contributed by atoms with van der Waals surface area (Å²) < 4.78 is 0. The molecule has 1 aromatic rings. The minimum absolute atomic E-state index is 0.0904.